The molecule has 1 aromatic heterocycles. The molecule has 0 spiro atoms. The van der Waals surface area contributed by atoms with E-state index in [1.165, 1.54) is 0 Å². The van der Waals surface area contributed by atoms with Crippen molar-refractivity contribution in [3.63, 3.8) is 0 Å². The zero-order valence-corrected chi connectivity index (χ0v) is 14.8. The molecule has 13 heteroatoms. The molecule has 3 atom stereocenters. The van der Waals surface area contributed by atoms with E-state index in [-0.39, 0.29) is 30.7 Å². The Kier molecular flexibility index (Phi) is 5.50. The molecule has 3 aliphatic rings. The second kappa shape index (κ2) is 7.73. The lowest BCUT2D eigenvalue weighted by Gasteiger charge is -2.30. The second-order valence-corrected chi connectivity index (χ2v) is 6.59. The average Bonchev–Trinajstić information content (AvgIpc) is 2.95. The summed E-state index contributed by atoms with van der Waals surface area (Å²) in [4.78, 5) is 38.4. The van der Waals surface area contributed by atoms with E-state index in [2.05, 4.69) is 10.3 Å². The lowest BCUT2D eigenvalue weighted by atomic mass is 9.89. The fourth-order valence-corrected chi connectivity index (χ4v) is 3.24. The summed E-state index contributed by atoms with van der Waals surface area (Å²) in [5.74, 6) is -1.73. The number of aromatic nitrogens is 1. The van der Waals surface area contributed by atoms with E-state index in [1.807, 2.05) is 0 Å². The lowest BCUT2D eigenvalue weighted by molar-refractivity contribution is -0.192. The van der Waals surface area contributed by atoms with Crippen LogP contribution in [0.25, 0.3) is 0 Å². The lowest BCUT2D eigenvalue weighted by Crippen LogP contribution is -2.44. The number of amides is 2. The first-order valence-corrected chi connectivity index (χ1v) is 8.55. The van der Waals surface area contributed by atoms with Gasteiger partial charge in [-0.25, -0.2) is 14.6 Å². The minimum absolute atomic E-state index is 0.0254. The zero-order valence-electron chi connectivity index (χ0n) is 14.8. The summed E-state index contributed by atoms with van der Waals surface area (Å²) in [6, 6.07) is 3.41. The number of hydrogen-bond acceptors (Lipinski definition) is 7. The Labute approximate surface area is 161 Å². The third kappa shape index (κ3) is 4.50. The molecule has 1 saturated carbocycles. The van der Waals surface area contributed by atoms with Crippen molar-refractivity contribution in [2.75, 3.05) is 16.8 Å². The van der Waals surface area contributed by atoms with Gasteiger partial charge in [-0.15, -0.1) is 0 Å². The number of alkyl halides is 3. The van der Waals surface area contributed by atoms with Crippen molar-refractivity contribution >= 4 is 29.6 Å². The minimum Gasteiger partial charge on any atom is -0.480 e. The van der Waals surface area contributed by atoms with Crippen LogP contribution in [-0.2, 0) is 14.3 Å². The number of ether oxygens (including phenoxy) is 2. The normalized spacial score (nSPS) is 25.5. The van der Waals surface area contributed by atoms with Gasteiger partial charge in [-0.3, -0.25) is 9.69 Å². The van der Waals surface area contributed by atoms with Crippen LogP contribution in [0.1, 0.15) is 19.3 Å². The van der Waals surface area contributed by atoms with E-state index in [0.717, 1.165) is 12.8 Å². The third-order valence-corrected chi connectivity index (χ3v) is 4.53. The summed E-state index contributed by atoms with van der Waals surface area (Å²) < 4.78 is 42.4. The van der Waals surface area contributed by atoms with E-state index < -0.39 is 18.2 Å². The molecule has 158 valence electrons. The molecule has 0 unspecified atom stereocenters. The SMILES string of the molecule is N[C@@H]1CC[C@@H]2[C@@H](C1)OC(=O)N2c1ccc2c(n1)NC(=O)CO2.O=C(O)C(F)(F)F. The quantitative estimate of drug-likeness (QED) is 0.618. The first-order valence-electron chi connectivity index (χ1n) is 8.55. The monoisotopic (exact) mass is 418 g/mol. The van der Waals surface area contributed by atoms with Crippen LogP contribution < -0.4 is 20.7 Å². The van der Waals surface area contributed by atoms with Crippen molar-refractivity contribution in [3.8, 4) is 5.75 Å². The van der Waals surface area contributed by atoms with Crippen molar-refractivity contribution < 1.29 is 42.1 Å². The van der Waals surface area contributed by atoms with E-state index in [9.17, 15) is 22.8 Å². The highest BCUT2D eigenvalue weighted by atomic mass is 19.4. The second-order valence-electron chi connectivity index (χ2n) is 6.59. The van der Waals surface area contributed by atoms with Gasteiger partial charge in [0, 0.05) is 12.5 Å². The van der Waals surface area contributed by atoms with Gasteiger partial charge in [-0.2, -0.15) is 13.2 Å². The summed E-state index contributed by atoms with van der Waals surface area (Å²) >= 11 is 0. The maximum absolute atomic E-state index is 12.2. The van der Waals surface area contributed by atoms with E-state index in [0.29, 0.717) is 23.8 Å². The van der Waals surface area contributed by atoms with E-state index >= 15 is 0 Å². The highest BCUT2D eigenvalue weighted by Crippen LogP contribution is 2.36. The molecule has 10 nitrogen and oxygen atoms in total. The molecule has 1 aliphatic carbocycles. The van der Waals surface area contributed by atoms with Gasteiger partial charge >= 0.3 is 18.2 Å². The summed E-state index contributed by atoms with van der Waals surface area (Å²) in [5.41, 5.74) is 5.94. The number of carboxylic acid groups (broad SMARTS) is 1. The molecular formula is C16H17F3N4O6. The Bertz CT molecular complexity index is 833. The molecular weight excluding hydrogens is 401 g/mol. The van der Waals surface area contributed by atoms with Crippen molar-refractivity contribution in [1.82, 2.24) is 4.98 Å². The summed E-state index contributed by atoms with van der Waals surface area (Å²) in [6.45, 7) is -0.0254. The summed E-state index contributed by atoms with van der Waals surface area (Å²) in [6.07, 6.45) is -3.41. The Balaban J connectivity index is 0.000000298. The first-order chi connectivity index (χ1) is 13.6. The highest BCUT2D eigenvalue weighted by Gasteiger charge is 2.46. The van der Waals surface area contributed by atoms with Crippen LogP contribution >= 0.6 is 0 Å². The predicted molar refractivity (Wildman–Crippen MR) is 90.4 cm³/mol. The van der Waals surface area contributed by atoms with Crippen LogP contribution in [0.3, 0.4) is 0 Å². The topological polar surface area (TPSA) is 144 Å². The van der Waals surface area contributed by atoms with Crippen molar-refractivity contribution in [2.24, 2.45) is 5.73 Å². The van der Waals surface area contributed by atoms with Gasteiger partial charge < -0.3 is 25.6 Å². The molecule has 2 aliphatic heterocycles. The third-order valence-electron chi connectivity index (χ3n) is 4.53. The number of anilines is 2. The molecule has 1 saturated heterocycles. The maximum Gasteiger partial charge on any atom is 0.490 e. The molecule has 29 heavy (non-hydrogen) atoms. The highest BCUT2D eigenvalue weighted by molar-refractivity contribution is 5.95. The number of nitrogens with two attached hydrogens (primary N) is 1. The zero-order chi connectivity index (χ0) is 21.3. The van der Waals surface area contributed by atoms with Crippen LogP contribution in [0.4, 0.5) is 29.6 Å². The number of rotatable bonds is 1. The number of carbonyl (C=O) groups is 3. The largest absolute Gasteiger partial charge is 0.490 e. The number of aliphatic carboxylic acids is 1. The number of hydrogen-bond donors (Lipinski definition) is 3. The van der Waals surface area contributed by atoms with Crippen LogP contribution in [0.2, 0.25) is 0 Å². The number of nitrogens with zero attached hydrogens (tertiary/aromatic N) is 2. The van der Waals surface area contributed by atoms with E-state index in [4.69, 9.17) is 25.1 Å². The van der Waals surface area contributed by atoms with Gasteiger partial charge in [-0.05, 0) is 25.0 Å². The number of carbonyl (C=O) groups excluding carboxylic acids is 2. The van der Waals surface area contributed by atoms with Crippen molar-refractivity contribution in [3.05, 3.63) is 12.1 Å². The fourth-order valence-electron chi connectivity index (χ4n) is 3.24. The van der Waals surface area contributed by atoms with E-state index in [1.54, 1.807) is 17.0 Å². The van der Waals surface area contributed by atoms with Gasteiger partial charge in [0.1, 0.15) is 11.9 Å². The Morgan fingerprint density at radius 1 is 1.31 bits per heavy atom. The van der Waals surface area contributed by atoms with Crippen molar-refractivity contribution in [2.45, 2.75) is 43.6 Å². The Hall–Kier alpha value is -3.09. The fraction of sp³-hybridized carbons (Fsp3) is 0.500. The summed E-state index contributed by atoms with van der Waals surface area (Å²) in [5, 5.41) is 9.77. The molecule has 0 aromatic carbocycles. The number of carboxylic acids is 1. The van der Waals surface area contributed by atoms with Gasteiger partial charge in [0.05, 0.1) is 6.04 Å². The molecule has 2 fully saturated rings. The Morgan fingerprint density at radius 3 is 2.66 bits per heavy atom. The standard InChI is InChI=1S/C14H16N4O4.C2HF3O2/c15-7-1-2-8-10(5-7)22-14(20)18(8)11-4-3-9-13(16-11)17-12(19)6-21-9;3-2(4,5)1(6)7/h3-4,7-8,10H,1-2,5-6,15H2,(H,16,17,19);(H,6,7)/t7-,8-,10-;/m1./s1. The first kappa shape index (κ1) is 20.6. The van der Waals surface area contributed by atoms with Crippen molar-refractivity contribution in [1.29, 1.82) is 0 Å². The molecule has 0 bridgehead atoms. The van der Waals surface area contributed by atoms with Crippen LogP contribution in [0, 0.1) is 0 Å². The molecule has 4 rings (SSSR count). The van der Waals surface area contributed by atoms with Crippen LogP contribution in [0.5, 0.6) is 5.75 Å². The molecule has 1 aromatic rings. The average molecular weight is 418 g/mol. The molecule has 0 radical (unpaired) electrons. The molecule has 4 N–H and O–H groups in total. The maximum atomic E-state index is 12.2. The molecule has 2 amide bonds. The number of pyridine rings is 1. The number of nitrogens with one attached hydrogen (secondary N) is 1. The number of fused-ring (bicyclic) bond motifs is 2. The Morgan fingerprint density at radius 2 is 2.00 bits per heavy atom. The van der Waals surface area contributed by atoms with Crippen LogP contribution in [0.15, 0.2) is 12.1 Å². The van der Waals surface area contributed by atoms with Gasteiger partial charge in [0.25, 0.3) is 5.91 Å². The van der Waals surface area contributed by atoms with Gasteiger partial charge in [-0.1, -0.05) is 0 Å². The minimum atomic E-state index is -5.08. The van der Waals surface area contributed by atoms with Crippen LogP contribution in [-0.4, -0.2) is 59.0 Å². The van der Waals surface area contributed by atoms with Gasteiger partial charge in [0.15, 0.2) is 18.2 Å². The number of halogens is 3. The smallest absolute Gasteiger partial charge is 0.480 e. The molecule has 3 heterocycles. The van der Waals surface area contributed by atoms with Gasteiger partial charge in [0.2, 0.25) is 0 Å². The predicted octanol–water partition coefficient (Wildman–Crippen LogP) is 1.25. The summed E-state index contributed by atoms with van der Waals surface area (Å²) in [7, 11) is 0.